The molecule has 1 N–H and O–H groups in total. The van der Waals surface area contributed by atoms with Crippen molar-refractivity contribution in [3.8, 4) is 5.75 Å². The molecule has 0 bridgehead atoms. The Labute approximate surface area is 244 Å². The molecule has 1 aliphatic rings. The summed E-state index contributed by atoms with van der Waals surface area (Å²) in [5.74, 6) is -0.969. The minimum Gasteiger partial charge on any atom is -0.505 e. The van der Waals surface area contributed by atoms with Gasteiger partial charge in [-0.2, -0.15) is 0 Å². The number of carbonyl (C=O) groups is 2. The lowest BCUT2D eigenvalue weighted by molar-refractivity contribution is -0.139. The molecule has 0 radical (unpaired) electrons. The fraction of sp³-hybridized carbons (Fsp3) is 0.171. The molecule has 42 heavy (non-hydrogen) atoms. The number of aromatic nitrogens is 2. The van der Waals surface area contributed by atoms with Gasteiger partial charge >= 0.3 is 0 Å². The van der Waals surface area contributed by atoms with Gasteiger partial charge in [0.25, 0.3) is 11.7 Å². The number of aliphatic hydroxyl groups is 1. The molecule has 6 rings (SSSR count). The van der Waals surface area contributed by atoms with Gasteiger partial charge in [0.2, 0.25) is 0 Å². The Kier molecular flexibility index (Phi) is 7.32. The molecule has 1 unspecified atom stereocenters. The normalized spacial score (nSPS) is 16.3. The highest BCUT2D eigenvalue weighted by Crippen LogP contribution is 2.40. The van der Waals surface area contributed by atoms with Gasteiger partial charge in [-0.15, -0.1) is 0 Å². The second kappa shape index (κ2) is 11.4. The third-order valence-electron chi connectivity index (χ3n) is 7.78. The Morgan fingerprint density at radius 2 is 1.52 bits per heavy atom. The van der Waals surface area contributed by atoms with Crippen LogP contribution in [-0.4, -0.2) is 37.6 Å². The Morgan fingerprint density at radius 3 is 2.19 bits per heavy atom. The first-order valence-corrected chi connectivity index (χ1v) is 14.0. The molecule has 210 valence electrons. The van der Waals surface area contributed by atoms with Crippen molar-refractivity contribution in [1.29, 1.82) is 0 Å². The summed E-state index contributed by atoms with van der Waals surface area (Å²) in [6.45, 7) is 4.51. The maximum Gasteiger partial charge on any atom is 0.295 e. The number of benzene rings is 3. The predicted molar refractivity (Wildman–Crippen MR) is 161 cm³/mol. The van der Waals surface area contributed by atoms with Crippen LogP contribution in [-0.2, 0) is 22.6 Å². The largest absolute Gasteiger partial charge is 0.505 e. The van der Waals surface area contributed by atoms with E-state index in [1.807, 2.05) is 122 Å². The summed E-state index contributed by atoms with van der Waals surface area (Å²) in [5, 5.41) is 11.7. The fourth-order valence-electron chi connectivity index (χ4n) is 5.51. The van der Waals surface area contributed by atoms with Gasteiger partial charge in [0.1, 0.15) is 23.7 Å². The molecule has 0 saturated carbocycles. The highest BCUT2D eigenvalue weighted by atomic mass is 16.5. The van der Waals surface area contributed by atoms with E-state index in [1.165, 1.54) is 0 Å². The van der Waals surface area contributed by atoms with Gasteiger partial charge in [-0.05, 0) is 60.7 Å². The molecule has 0 spiro atoms. The van der Waals surface area contributed by atoms with E-state index in [-0.39, 0.29) is 17.0 Å². The van der Waals surface area contributed by atoms with Crippen LogP contribution >= 0.6 is 0 Å². The number of ketones is 1. The summed E-state index contributed by atoms with van der Waals surface area (Å²) in [4.78, 5) is 33.3. The zero-order valence-corrected chi connectivity index (χ0v) is 23.5. The number of amides is 1. The number of rotatable bonds is 8. The SMILES string of the molecule is Cc1cccn2c(C)c(C(O)=C3C(=O)C(=O)N(CCc4ccccc4)C3c3ccc(OCc4ccccc4)cc3)nc12. The molecule has 1 fully saturated rings. The fourth-order valence-corrected chi connectivity index (χ4v) is 5.51. The minimum atomic E-state index is -0.776. The van der Waals surface area contributed by atoms with E-state index < -0.39 is 17.7 Å². The number of ether oxygens (including phenoxy) is 1. The van der Waals surface area contributed by atoms with Crippen molar-refractivity contribution < 1.29 is 19.4 Å². The summed E-state index contributed by atoms with van der Waals surface area (Å²) in [6.07, 6.45) is 2.43. The number of aryl methyl sites for hydroxylation is 2. The number of nitrogens with zero attached hydrogens (tertiary/aromatic N) is 3. The Balaban J connectivity index is 1.39. The lowest BCUT2D eigenvalue weighted by atomic mass is 9.96. The number of pyridine rings is 1. The maximum absolute atomic E-state index is 13.6. The first-order valence-electron chi connectivity index (χ1n) is 14.0. The standard InChI is InChI=1S/C35H31N3O4/c1-23-10-9-20-37-24(2)30(36-34(23)37)32(39)29-31(38(35(41)33(29)40)21-19-25-11-5-3-6-12-25)27-15-17-28(18-16-27)42-22-26-13-7-4-8-14-26/h3-18,20,31,39H,19,21-22H2,1-2H3. The summed E-state index contributed by atoms with van der Waals surface area (Å²) >= 11 is 0. The lowest BCUT2D eigenvalue weighted by Gasteiger charge is -2.25. The van der Waals surface area contributed by atoms with E-state index in [4.69, 9.17) is 4.74 Å². The zero-order valence-electron chi connectivity index (χ0n) is 23.5. The molecular weight excluding hydrogens is 526 g/mol. The van der Waals surface area contributed by atoms with Crippen molar-refractivity contribution in [3.63, 3.8) is 0 Å². The van der Waals surface area contributed by atoms with Crippen molar-refractivity contribution >= 4 is 23.1 Å². The number of hydrogen-bond acceptors (Lipinski definition) is 5. The molecule has 1 saturated heterocycles. The van der Waals surface area contributed by atoms with Crippen molar-refractivity contribution in [2.45, 2.75) is 32.9 Å². The molecule has 1 atom stereocenters. The summed E-state index contributed by atoms with van der Waals surface area (Å²) < 4.78 is 7.85. The van der Waals surface area contributed by atoms with Gasteiger partial charge in [0.15, 0.2) is 5.76 Å². The Bertz CT molecular complexity index is 1790. The van der Waals surface area contributed by atoms with Gasteiger partial charge in [0, 0.05) is 12.7 Å². The van der Waals surface area contributed by atoms with Crippen LogP contribution in [0.1, 0.15) is 39.7 Å². The number of fused-ring (bicyclic) bond motifs is 1. The Hall–Kier alpha value is -5.17. The molecule has 0 aliphatic carbocycles. The summed E-state index contributed by atoms with van der Waals surface area (Å²) in [7, 11) is 0. The lowest BCUT2D eigenvalue weighted by Crippen LogP contribution is -2.31. The van der Waals surface area contributed by atoms with Crippen LogP contribution in [0.5, 0.6) is 5.75 Å². The average Bonchev–Trinajstić information content (AvgIpc) is 3.49. The quantitative estimate of drug-likeness (QED) is 0.140. The Morgan fingerprint density at radius 1 is 0.857 bits per heavy atom. The molecule has 2 aromatic heterocycles. The monoisotopic (exact) mass is 557 g/mol. The molecule has 5 aromatic rings. The van der Waals surface area contributed by atoms with Gasteiger partial charge < -0.3 is 19.1 Å². The molecule has 1 aliphatic heterocycles. The third-order valence-corrected chi connectivity index (χ3v) is 7.78. The van der Waals surface area contributed by atoms with Gasteiger partial charge in [-0.25, -0.2) is 4.98 Å². The summed E-state index contributed by atoms with van der Waals surface area (Å²) in [5.41, 5.74) is 5.44. The van der Waals surface area contributed by atoms with Crippen molar-refractivity contribution in [1.82, 2.24) is 14.3 Å². The number of Topliss-reactive ketones (excluding diaryl/α,β-unsaturated/α-hetero) is 1. The second-order valence-corrected chi connectivity index (χ2v) is 10.5. The molecule has 3 aromatic carbocycles. The number of imidazole rings is 1. The average molecular weight is 558 g/mol. The van der Waals surface area contributed by atoms with Crippen LogP contribution in [0.3, 0.4) is 0 Å². The van der Waals surface area contributed by atoms with Crippen LogP contribution in [0.15, 0.2) is 109 Å². The molecule has 7 heteroatoms. The van der Waals surface area contributed by atoms with Crippen molar-refractivity contribution in [3.05, 3.63) is 142 Å². The first kappa shape index (κ1) is 27.0. The van der Waals surface area contributed by atoms with Gasteiger partial charge in [0.05, 0.1) is 17.3 Å². The van der Waals surface area contributed by atoms with Crippen LogP contribution < -0.4 is 4.74 Å². The number of hydrogen-bond donors (Lipinski definition) is 1. The van der Waals surface area contributed by atoms with E-state index in [1.54, 1.807) is 4.90 Å². The molecule has 3 heterocycles. The van der Waals surface area contributed by atoms with Crippen molar-refractivity contribution in [2.24, 2.45) is 0 Å². The highest BCUT2D eigenvalue weighted by molar-refractivity contribution is 6.46. The summed E-state index contributed by atoms with van der Waals surface area (Å²) in [6, 6.07) is 30.1. The van der Waals surface area contributed by atoms with Crippen LogP contribution in [0.25, 0.3) is 11.4 Å². The maximum atomic E-state index is 13.6. The van der Waals surface area contributed by atoms with Crippen LogP contribution in [0.4, 0.5) is 0 Å². The van der Waals surface area contributed by atoms with E-state index in [0.717, 1.165) is 16.7 Å². The predicted octanol–water partition coefficient (Wildman–Crippen LogP) is 6.19. The molecule has 1 amide bonds. The van der Waals surface area contributed by atoms with E-state index in [2.05, 4.69) is 4.98 Å². The second-order valence-electron chi connectivity index (χ2n) is 10.5. The number of carbonyl (C=O) groups excluding carboxylic acids is 2. The van der Waals surface area contributed by atoms with E-state index in [9.17, 15) is 14.7 Å². The molecular formula is C35H31N3O4. The number of likely N-dealkylation sites (tertiary alicyclic amines) is 1. The first-order chi connectivity index (χ1) is 20.4. The smallest absolute Gasteiger partial charge is 0.295 e. The highest BCUT2D eigenvalue weighted by Gasteiger charge is 2.46. The van der Waals surface area contributed by atoms with Gasteiger partial charge in [-0.3, -0.25) is 9.59 Å². The van der Waals surface area contributed by atoms with Gasteiger partial charge in [-0.1, -0.05) is 78.9 Å². The van der Waals surface area contributed by atoms with Crippen molar-refractivity contribution in [2.75, 3.05) is 6.54 Å². The minimum absolute atomic E-state index is 0.0372. The van der Waals surface area contributed by atoms with Crippen LogP contribution in [0, 0.1) is 13.8 Å². The third kappa shape index (κ3) is 5.05. The van der Waals surface area contributed by atoms with Crippen LogP contribution in [0.2, 0.25) is 0 Å². The van der Waals surface area contributed by atoms with E-state index >= 15 is 0 Å². The molecule has 7 nitrogen and oxygen atoms in total. The zero-order chi connectivity index (χ0) is 29.2. The van der Waals surface area contributed by atoms with E-state index in [0.29, 0.717) is 42.2 Å². The number of aliphatic hydroxyl groups excluding tert-OH is 1. The topological polar surface area (TPSA) is 84.1 Å².